The van der Waals surface area contributed by atoms with Gasteiger partial charge in [0.05, 0.1) is 0 Å². The first-order valence-electron chi connectivity index (χ1n) is 0.919. The van der Waals surface area contributed by atoms with Crippen molar-refractivity contribution in [3.8, 4) is 6.07 Å². The molecule has 0 amide bonds. The molecule has 0 aromatic rings. The zero-order chi connectivity index (χ0) is 6.28. The number of rotatable bonds is 0. The molecule has 0 aliphatic rings. The minimum absolute atomic E-state index is 1.50. The van der Waals surface area contributed by atoms with Crippen molar-refractivity contribution < 1.29 is 15.2 Å². The summed E-state index contributed by atoms with van der Waals surface area (Å²) in [6.07, 6.45) is 0. The van der Waals surface area contributed by atoms with E-state index in [0.717, 1.165) is 0 Å². The minimum atomic E-state index is -1.79. The summed E-state index contributed by atoms with van der Waals surface area (Å²) in [4.78, 5) is 0. The van der Waals surface area contributed by atoms with Gasteiger partial charge in [0, 0.05) is 0 Å². The van der Waals surface area contributed by atoms with Crippen LogP contribution in [0.15, 0.2) is 0 Å². The van der Waals surface area contributed by atoms with Crippen molar-refractivity contribution in [1.82, 2.24) is 0 Å². The molecule has 0 N–H and O–H groups in total. The third-order valence-electron chi connectivity index (χ3n) is 0. The Balaban J connectivity index is 0. The molecule has 0 unspecified atom stereocenters. The second-order valence-corrected chi connectivity index (χ2v) is 9.68. The third-order valence-corrected chi connectivity index (χ3v) is 0. The molecule has 7 heavy (non-hydrogen) atoms. The Bertz CT molecular complexity index is 55.7. The van der Waals surface area contributed by atoms with E-state index in [1.807, 2.05) is 0 Å². The van der Waals surface area contributed by atoms with Gasteiger partial charge in [0.15, 0.2) is 0 Å². The third kappa shape index (κ3) is 183. The van der Waals surface area contributed by atoms with Gasteiger partial charge in [-0.2, -0.15) is 0 Å². The van der Waals surface area contributed by atoms with Gasteiger partial charge in [-0.25, -0.2) is 5.26 Å². The molecule has 0 fully saturated rings. The fraction of sp³-hybridized carbons (Fsp3) is 0. The summed E-state index contributed by atoms with van der Waals surface area (Å²) in [6.45, 7) is 2.79. The van der Waals surface area contributed by atoms with Crippen molar-refractivity contribution in [1.29, 1.82) is 5.26 Å². The van der Waals surface area contributed by atoms with Crippen molar-refractivity contribution in [3.05, 3.63) is 6.92 Å². The van der Waals surface area contributed by atoms with Gasteiger partial charge in [-0.3, -0.25) is 0 Å². The van der Waals surface area contributed by atoms with E-state index >= 15 is 0 Å². The van der Waals surface area contributed by atoms with E-state index in [1.54, 1.807) is 0 Å². The maximum atomic E-state index is 7.21. The van der Waals surface area contributed by atoms with Crippen LogP contribution in [0.2, 0.25) is 0 Å². The quantitative estimate of drug-likeness (QED) is 0.489. The van der Waals surface area contributed by atoms with Crippen molar-refractivity contribution in [2.75, 3.05) is 0 Å². The molecule has 0 aliphatic carbocycles. The average molecular weight is 343 g/mol. The van der Waals surface area contributed by atoms with E-state index in [2.05, 4.69) is 6.92 Å². The van der Waals surface area contributed by atoms with Gasteiger partial charge >= 0.3 is 42.8 Å². The fourth-order valence-electron chi connectivity index (χ4n) is 0. The average Bonchev–Trinajstić information content (AvgIpc) is 1.33. The Morgan fingerprint density at radius 2 is 1.43 bits per heavy atom. The maximum absolute atomic E-state index is 7.21. The summed E-state index contributed by atoms with van der Waals surface area (Å²) in [5.41, 5.74) is 0. The Kier molecular flexibility index (Phi) is 15.6. The first-order chi connectivity index (χ1) is 3.15. The molecule has 0 rings (SSSR count). The molecule has 0 aromatic carbocycles. The van der Waals surface area contributed by atoms with Crippen LogP contribution in [0.25, 0.3) is 0 Å². The SMILES string of the molecule is [CH2-]C#N.[Cl][Au]([Cl])[Cl]. The van der Waals surface area contributed by atoms with Crippen LogP contribution in [0.4, 0.5) is 0 Å². The van der Waals surface area contributed by atoms with Crippen LogP contribution in [0, 0.1) is 18.3 Å². The van der Waals surface area contributed by atoms with Gasteiger partial charge in [0.2, 0.25) is 0 Å². The molecule has 0 spiro atoms. The second-order valence-electron chi connectivity index (χ2n) is 0.287. The molecule has 48 valence electrons. The van der Waals surface area contributed by atoms with E-state index < -0.39 is 15.2 Å². The zero-order valence-electron chi connectivity index (χ0n) is 3.09. The van der Waals surface area contributed by atoms with E-state index in [9.17, 15) is 0 Å². The number of nitriles is 1. The van der Waals surface area contributed by atoms with Gasteiger partial charge < -0.3 is 6.92 Å². The fourth-order valence-corrected chi connectivity index (χ4v) is 0. The first kappa shape index (κ1) is 10.9. The van der Waals surface area contributed by atoms with Crippen molar-refractivity contribution in [2.45, 2.75) is 0 Å². The summed E-state index contributed by atoms with van der Waals surface area (Å²) in [6, 6.07) is 1.50. The molecule has 0 aliphatic heterocycles. The van der Waals surface area contributed by atoms with E-state index in [4.69, 9.17) is 32.8 Å². The van der Waals surface area contributed by atoms with Gasteiger partial charge in [-0.15, -0.1) is 6.07 Å². The molecule has 0 saturated carbocycles. The van der Waals surface area contributed by atoms with Crippen LogP contribution >= 0.6 is 27.6 Å². The van der Waals surface area contributed by atoms with Gasteiger partial charge in [-0.1, -0.05) is 0 Å². The van der Waals surface area contributed by atoms with Crippen LogP contribution in [0.1, 0.15) is 0 Å². The molecule has 1 nitrogen and oxygen atoms in total. The van der Waals surface area contributed by atoms with Crippen molar-refractivity contribution in [3.63, 3.8) is 0 Å². The monoisotopic (exact) mass is 342 g/mol. The topological polar surface area (TPSA) is 23.8 Å². The predicted octanol–water partition coefficient (Wildman–Crippen LogP) is 2.41. The Morgan fingerprint density at radius 3 is 1.43 bits per heavy atom. The molecule has 0 saturated heterocycles. The number of halogens is 3. The molecule has 0 bridgehead atoms. The Hall–Kier alpha value is 0.970. The summed E-state index contributed by atoms with van der Waals surface area (Å²) in [5.74, 6) is 0. The standard InChI is InChI=1S/C2H2N.Au.3ClH/c1-2-3;;;;/h1H2;;3*1H/q-1;+3;;;/p-3. The predicted molar refractivity (Wildman–Crippen MR) is 28.5 cm³/mol. The summed E-state index contributed by atoms with van der Waals surface area (Å²) in [7, 11) is 14.9. The number of nitrogens with zero attached hydrogens (tertiary/aromatic N) is 1. The van der Waals surface area contributed by atoms with Crippen LogP contribution < -0.4 is 0 Å². The van der Waals surface area contributed by atoms with E-state index in [-0.39, 0.29) is 0 Å². The zero-order valence-corrected chi connectivity index (χ0v) is 7.52. The van der Waals surface area contributed by atoms with Crippen LogP contribution in [-0.4, -0.2) is 0 Å². The first-order valence-corrected chi connectivity index (χ1v) is 8.97. The summed E-state index contributed by atoms with van der Waals surface area (Å²) < 4.78 is 0. The second kappa shape index (κ2) is 10.1. The molecule has 0 heterocycles. The molecule has 0 atom stereocenters. The molecular formula is C2H2AuCl3N-. The Labute approximate surface area is 60.8 Å². The van der Waals surface area contributed by atoms with E-state index in [0.29, 0.717) is 0 Å². The van der Waals surface area contributed by atoms with Crippen molar-refractivity contribution >= 4 is 27.6 Å². The molecule has 0 radical (unpaired) electrons. The van der Waals surface area contributed by atoms with Crippen LogP contribution in [-0.2, 0) is 15.2 Å². The Morgan fingerprint density at radius 1 is 1.43 bits per heavy atom. The van der Waals surface area contributed by atoms with E-state index in [1.165, 1.54) is 6.07 Å². The van der Waals surface area contributed by atoms with Crippen LogP contribution in [0.3, 0.4) is 0 Å². The molecular weight excluding hydrogens is 341 g/mol. The number of hydrogen-bond donors (Lipinski definition) is 0. The molecule has 5 heteroatoms. The van der Waals surface area contributed by atoms with Gasteiger partial charge in [0.1, 0.15) is 0 Å². The normalized spacial score (nSPS) is 7.43. The summed E-state index contributed by atoms with van der Waals surface area (Å²) in [5, 5.41) is 7.21. The molecule has 0 aromatic heterocycles. The summed E-state index contributed by atoms with van der Waals surface area (Å²) >= 11 is -1.79. The van der Waals surface area contributed by atoms with Crippen molar-refractivity contribution in [2.24, 2.45) is 0 Å². The van der Waals surface area contributed by atoms with Gasteiger partial charge in [-0.05, 0) is 0 Å². The van der Waals surface area contributed by atoms with Gasteiger partial charge in [0.25, 0.3) is 0 Å². The number of hydrogen-bond acceptors (Lipinski definition) is 1. The van der Waals surface area contributed by atoms with Crippen LogP contribution in [0.5, 0.6) is 0 Å².